The maximum absolute atomic E-state index is 12.7. The molecule has 0 aliphatic heterocycles. The molecule has 108 valence electrons. The van der Waals surface area contributed by atoms with Crippen molar-refractivity contribution in [3.05, 3.63) is 29.0 Å². The minimum absolute atomic E-state index is 0.0667. The second-order valence-corrected chi connectivity index (χ2v) is 5.76. The van der Waals surface area contributed by atoms with Crippen molar-refractivity contribution in [1.82, 2.24) is 9.97 Å². The number of nitrogens with zero attached hydrogens (tertiary/aromatic N) is 1. The Morgan fingerprint density at radius 2 is 1.85 bits per heavy atom. The molecular formula is C14H14ClF3N2. The predicted molar refractivity (Wildman–Crippen MR) is 71.9 cm³/mol. The van der Waals surface area contributed by atoms with Crippen LogP contribution in [0.15, 0.2) is 18.2 Å². The smallest absolute Gasteiger partial charge is 0.342 e. The van der Waals surface area contributed by atoms with E-state index < -0.39 is 12.1 Å². The number of alkyl halides is 3. The molecule has 0 atom stereocenters. The fraction of sp³-hybridized carbons (Fsp3) is 0.500. The third-order valence-electron chi connectivity index (χ3n) is 4.06. The number of aromatic amines is 1. The first-order valence-corrected chi connectivity index (χ1v) is 7.04. The standard InChI is InChI=1S/C14H14ClF3N2/c15-10-2-1-3-11-12(10)20-13(19-11)8-4-6-9(7-5-8)14(16,17)18/h1-3,8-9H,4-7H2,(H,19,20). The van der Waals surface area contributed by atoms with Crippen molar-refractivity contribution < 1.29 is 13.2 Å². The van der Waals surface area contributed by atoms with Gasteiger partial charge in [-0.1, -0.05) is 17.7 Å². The molecule has 1 aliphatic carbocycles. The second-order valence-electron chi connectivity index (χ2n) is 5.35. The summed E-state index contributed by atoms with van der Waals surface area (Å²) in [6.45, 7) is 0. The summed E-state index contributed by atoms with van der Waals surface area (Å²) in [4.78, 5) is 7.64. The van der Waals surface area contributed by atoms with Crippen LogP contribution in [-0.2, 0) is 0 Å². The van der Waals surface area contributed by atoms with E-state index in [-0.39, 0.29) is 18.8 Å². The molecule has 0 bridgehead atoms. The van der Waals surface area contributed by atoms with E-state index in [4.69, 9.17) is 11.6 Å². The maximum atomic E-state index is 12.7. The van der Waals surface area contributed by atoms with Crippen molar-refractivity contribution in [2.45, 2.75) is 37.8 Å². The zero-order chi connectivity index (χ0) is 14.3. The van der Waals surface area contributed by atoms with Crippen molar-refractivity contribution in [2.75, 3.05) is 0 Å². The summed E-state index contributed by atoms with van der Waals surface area (Å²) in [6, 6.07) is 5.46. The quantitative estimate of drug-likeness (QED) is 0.784. The highest BCUT2D eigenvalue weighted by molar-refractivity contribution is 6.34. The topological polar surface area (TPSA) is 28.7 Å². The molecule has 0 unspecified atom stereocenters. The number of rotatable bonds is 1. The fourth-order valence-electron chi connectivity index (χ4n) is 2.90. The van der Waals surface area contributed by atoms with Crippen LogP contribution in [0.3, 0.4) is 0 Å². The Labute approximate surface area is 119 Å². The van der Waals surface area contributed by atoms with Crippen molar-refractivity contribution >= 4 is 22.6 Å². The van der Waals surface area contributed by atoms with Crippen molar-refractivity contribution in [3.63, 3.8) is 0 Å². The van der Waals surface area contributed by atoms with Gasteiger partial charge in [0.05, 0.1) is 16.5 Å². The minimum atomic E-state index is -4.07. The lowest BCUT2D eigenvalue weighted by Crippen LogP contribution is -2.27. The number of imidazole rings is 1. The van der Waals surface area contributed by atoms with Crippen LogP contribution in [0.4, 0.5) is 13.2 Å². The van der Waals surface area contributed by atoms with Crippen LogP contribution < -0.4 is 0 Å². The summed E-state index contributed by atoms with van der Waals surface area (Å²) in [5.74, 6) is -0.336. The Bertz CT molecular complexity index is 612. The third kappa shape index (κ3) is 2.51. The van der Waals surface area contributed by atoms with Crippen molar-refractivity contribution in [2.24, 2.45) is 5.92 Å². The molecule has 1 aromatic heterocycles. The zero-order valence-electron chi connectivity index (χ0n) is 10.7. The van der Waals surface area contributed by atoms with E-state index in [0.29, 0.717) is 23.4 Å². The molecular weight excluding hydrogens is 289 g/mol. The van der Waals surface area contributed by atoms with Gasteiger partial charge >= 0.3 is 6.18 Å². The number of hydrogen-bond acceptors (Lipinski definition) is 1. The molecule has 1 fully saturated rings. The van der Waals surface area contributed by atoms with E-state index in [9.17, 15) is 13.2 Å². The number of halogens is 4. The number of H-pyrrole nitrogens is 1. The number of aromatic nitrogens is 2. The van der Waals surface area contributed by atoms with E-state index >= 15 is 0 Å². The van der Waals surface area contributed by atoms with Crippen LogP contribution >= 0.6 is 11.6 Å². The van der Waals surface area contributed by atoms with Gasteiger partial charge in [0, 0.05) is 5.92 Å². The van der Waals surface area contributed by atoms with E-state index in [1.807, 2.05) is 12.1 Å². The van der Waals surface area contributed by atoms with Gasteiger partial charge in [0.25, 0.3) is 0 Å². The summed E-state index contributed by atoms with van der Waals surface area (Å²) in [5, 5.41) is 0.564. The molecule has 0 spiro atoms. The number of hydrogen-bond donors (Lipinski definition) is 1. The van der Waals surface area contributed by atoms with Gasteiger partial charge in [0.15, 0.2) is 0 Å². The molecule has 0 amide bonds. The van der Waals surface area contributed by atoms with Crippen LogP contribution in [0.1, 0.15) is 37.4 Å². The van der Waals surface area contributed by atoms with Crippen LogP contribution in [0.5, 0.6) is 0 Å². The minimum Gasteiger partial charge on any atom is -0.342 e. The average Bonchev–Trinajstić information content (AvgIpc) is 2.83. The summed E-state index contributed by atoms with van der Waals surface area (Å²) in [5.41, 5.74) is 1.53. The van der Waals surface area contributed by atoms with Gasteiger partial charge in [-0.3, -0.25) is 0 Å². The normalized spacial score (nSPS) is 24.2. The van der Waals surface area contributed by atoms with E-state index in [1.165, 1.54) is 0 Å². The molecule has 1 heterocycles. The van der Waals surface area contributed by atoms with Crippen LogP contribution in [0.25, 0.3) is 11.0 Å². The van der Waals surface area contributed by atoms with Gasteiger partial charge in [-0.05, 0) is 37.8 Å². The number of fused-ring (bicyclic) bond motifs is 1. The first-order valence-electron chi connectivity index (χ1n) is 6.66. The lowest BCUT2D eigenvalue weighted by atomic mass is 9.81. The van der Waals surface area contributed by atoms with Gasteiger partial charge in [-0.25, -0.2) is 4.98 Å². The highest BCUT2D eigenvalue weighted by Crippen LogP contribution is 2.42. The molecule has 1 saturated carbocycles. The number of benzene rings is 1. The SMILES string of the molecule is FC(F)(F)C1CCC(c2nc3c(Cl)cccc3[nH]2)CC1. The predicted octanol–water partition coefficient (Wildman–Crippen LogP) is 5.05. The molecule has 20 heavy (non-hydrogen) atoms. The number of nitrogens with one attached hydrogen (secondary N) is 1. The molecule has 0 saturated heterocycles. The maximum Gasteiger partial charge on any atom is 0.391 e. The molecule has 2 nitrogen and oxygen atoms in total. The summed E-state index contributed by atoms with van der Waals surface area (Å²) in [7, 11) is 0. The van der Waals surface area contributed by atoms with Gasteiger partial charge in [0.1, 0.15) is 11.3 Å². The molecule has 1 aliphatic rings. The Morgan fingerprint density at radius 3 is 2.45 bits per heavy atom. The molecule has 2 aromatic rings. The molecule has 3 rings (SSSR count). The average molecular weight is 303 g/mol. The molecule has 0 radical (unpaired) electrons. The van der Waals surface area contributed by atoms with Crippen LogP contribution in [-0.4, -0.2) is 16.1 Å². The van der Waals surface area contributed by atoms with Crippen molar-refractivity contribution in [1.29, 1.82) is 0 Å². The number of para-hydroxylation sites is 1. The Kier molecular flexibility index (Phi) is 3.40. The van der Waals surface area contributed by atoms with Gasteiger partial charge < -0.3 is 4.98 Å². The molecule has 1 N–H and O–H groups in total. The lowest BCUT2D eigenvalue weighted by molar-refractivity contribution is -0.182. The van der Waals surface area contributed by atoms with E-state index in [1.54, 1.807) is 6.07 Å². The first kappa shape index (κ1) is 13.7. The van der Waals surface area contributed by atoms with Crippen LogP contribution in [0.2, 0.25) is 5.02 Å². The Balaban J connectivity index is 1.78. The Morgan fingerprint density at radius 1 is 1.15 bits per heavy atom. The second kappa shape index (κ2) is 4.95. The van der Waals surface area contributed by atoms with Crippen molar-refractivity contribution in [3.8, 4) is 0 Å². The largest absolute Gasteiger partial charge is 0.391 e. The van der Waals surface area contributed by atoms with Crippen LogP contribution in [0, 0.1) is 5.92 Å². The first-order chi connectivity index (χ1) is 9.45. The summed E-state index contributed by atoms with van der Waals surface area (Å²) < 4.78 is 38.0. The monoisotopic (exact) mass is 302 g/mol. The molecule has 1 aromatic carbocycles. The molecule has 6 heteroatoms. The zero-order valence-corrected chi connectivity index (χ0v) is 11.4. The Hall–Kier alpha value is -1.23. The lowest BCUT2D eigenvalue weighted by Gasteiger charge is -2.28. The summed E-state index contributed by atoms with van der Waals surface area (Å²) in [6.07, 6.45) is -2.68. The van der Waals surface area contributed by atoms with E-state index in [0.717, 1.165) is 11.3 Å². The third-order valence-corrected chi connectivity index (χ3v) is 4.36. The van der Waals surface area contributed by atoms with Gasteiger partial charge in [-0.2, -0.15) is 13.2 Å². The fourth-order valence-corrected chi connectivity index (χ4v) is 3.12. The highest BCUT2D eigenvalue weighted by Gasteiger charge is 2.41. The van der Waals surface area contributed by atoms with Gasteiger partial charge in [0.2, 0.25) is 0 Å². The van der Waals surface area contributed by atoms with E-state index in [2.05, 4.69) is 9.97 Å². The summed E-state index contributed by atoms with van der Waals surface area (Å²) >= 11 is 6.06. The van der Waals surface area contributed by atoms with Gasteiger partial charge in [-0.15, -0.1) is 0 Å². The highest BCUT2D eigenvalue weighted by atomic mass is 35.5.